The summed E-state index contributed by atoms with van der Waals surface area (Å²) in [6, 6.07) is 0. The van der Waals surface area contributed by atoms with Crippen LogP contribution in [0.1, 0.15) is 19.3 Å². The molecule has 0 nitrogen and oxygen atoms in total. The molecule has 1 rings (SSSR count). The highest BCUT2D eigenvalue weighted by Crippen LogP contribution is 2.24. The molecule has 0 saturated heterocycles. The molecular formula is C5H7F. The standard InChI is InChI=1S/C5H7F/c6-4-5-2-1-3-5/h4H,1-3H2. The van der Waals surface area contributed by atoms with E-state index in [1.54, 1.807) is 0 Å². The Morgan fingerprint density at radius 1 is 1.50 bits per heavy atom. The van der Waals surface area contributed by atoms with E-state index >= 15 is 0 Å². The van der Waals surface area contributed by atoms with Gasteiger partial charge in [0.05, 0.1) is 6.33 Å². The second-order valence-corrected chi connectivity index (χ2v) is 1.62. The van der Waals surface area contributed by atoms with Crippen LogP contribution in [0.15, 0.2) is 11.9 Å². The zero-order valence-corrected chi connectivity index (χ0v) is 3.58. The topological polar surface area (TPSA) is 0 Å². The van der Waals surface area contributed by atoms with E-state index in [0.29, 0.717) is 0 Å². The molecule has 1 aliphatic rings. The van der Waals surface area contributed by atoms with Gasteiger partial charge in [-0.1, -0.05) is 0 Å². The first-order valence-electron chi connectivity index (χ1n) is 2.21. The number of allylic oxidation sites excluding steroid dienone is 1. The van der Waals surface area contributed by atoms with Crippen molar-refractivity contribution in [2.75, 3.05) is 0 Å². The third-order valence-electron chi connectivity index (χ3n) is 1.15. The molecule has 0 atom stereocenters. The summed E-state index contributed by atoms with van der Waals surface area (Å²) >= 11 is 0. The molecule has 0 radical (unpaired) electrons. The lowest BCUT2D eigenvalue weighted by atomic mass is 9.94. The summed E-state index contributed by atoms with van der Waals surface area (Å²) in [6.07, 6.45) is 3.91. The predicted octanol–water partition coefficient (Wildman–Crippen LogP) is 2.02. The molecule has 0 spiro atoms. The lowest BCUT2D eigenvalue weighted by Crippen LogP contribution is -1.93. The molecule has 1 heteroatoms. The first-order valence-corrected chi connectivity index (χ1v) is 2.21. The molecule has 0 aromatic carbocycles. The van der Waals surface area contributed by atoms with Crippen LogP contribution in [-0.4, -0.2) is 0 Å². The minimum atomic E-state index is 0.726. The Hall–Kier alpha value is -0.330. The molecule has 1 aliphatic carbocycles. The molecule has 6 heavy (non-hydrogen) atoms. The van der Waals surface area contributed by atoms with Gasteiger partial charge in [0.15, 0.2) is 0 Å². The molecule has 0 bridgehead atoms. The lowest BCUT2D eigenvalue weighted by Gasteiger charge is -2.12. The fraction of sp³-hybridized carbons (Fsp3) is 0.600. The Bertz CT molecular complexity index is 68.0. The van der Waals surface area contributed by atoms with Gasteiger partial charge >= 0.3 is 0 Å². The summed E-state index contributed by atoms with van der Waals surface area (Å²) in [6.45, 7) is 0. The third kappa shape index (κ3) is 0.445. The van der Waals surface area contributed by atoms with Crippen molar-refractivity contribution in [1.82, 2.24) is 0 Å². The van der Waals surface area contributed by atoms with Crippen LogP contribution in [0, 0.1) is 0 Å². The van der Waals surface area contributed by atoms with Crippen LogP contribution >= 0.6 is 0 Å². The van der Waals surface area contributed by atoms with Crippen LogP contribution in [-0.2, 0) is 0 Å². The molecule has 0 heterocycles. The van der Waals surface area contributed by atoms with Gasteiger partial charge in [0.1, 0.15) is 0 Å². The molecule has 0 aromatic rings. The van der Waals surface area contributed by atoms with Crippen LogP contribution in [0.3, 0.4) is 0 Å². The van der Waals surface area contributed by atoms with Crippen molar-refractivity contribution in [3.63, 3.8) is 0 Å². The van der Waals surface area contributed by atoms with Gasteiger partial charge in [0, 0.05) is 0 Å². The molecule has 34 valence electrons. The summed E-state index contributed by atoms with van der Waals surface area (Å²) in [7, 11) is 0. The van der Waals surface area contributed by atoms with Gasteiger partial charge in [-0.05, 0) is 24.8 Å². The predicted molar refractivity (Wildman–Crippen MR) is 23.0 cm³/mol. The zero-order chi connectivity index (χ0) is 4.41. The monoisotopic (exact) mass is 86.1 g/mol. The number of halogens is 1. The highest BCUT2D eigenvalue weighted by Gasteiger charge is 2.06. The van der Waals surface area contributed by atoms with Crippen molar-refractivity contribution < 1.29 is 4.39 Å². The molecule has 0 N–H and O–H groups in total. The van der Waals surface area contributed by atoms with Crippen molar-refractivity contribution in [3.05, 3.63) is 11.9 Å². The van der Waals surface area contributed by atoms with Crippen LogP contribution in [0.25, 0.3) is 0 Å². The average molecular weight is 86.1 g/mol. The van der Waals surface area contributed by atoms with E-state index in [4.69, 9.17) is 0 Å². The molecule has 0 aliphatic heterocycles. The maximum Gasteiger partial charge on any atom is 0.0858 e. The van der Waals surface area contributed by atoms with Gasteiger partial charge in [-0.25, -0.2) is 4.39 Å². The van der Waals surface area contributed by atoms with Crippen LogP contribution in [0.2, 0.25) is 0 Å². The Labute approximate surface area is 36.7 Å². The highest BCUT2D eigenvalue weighted by molar-refractivity contribution is 5.05. The van der Waals surface area contributed by atoms with Crippen molar-refractivity contribution in [2.45, 2.75) is 19.3 Å². The van der Waals surface area contributed by atoms with Crippen molar-refractivity contribution in [2.24, 2.45) is 0 Å². The van der Waals surface area contributed by atoms with E-state index in [-0.39, 0.29) is 0 Å². The second-order valence-electron chi connectivity index (χ2n) is 1.62. The van der Waals surface area contributed by atoms with Gasteiger partial charge < -0.3 is 0 Å². The highest BCUT2D eigenvalue weighted by atomic mass is 19.1. The van der Waals surface area contributed by atoms with E-state index in [2.05, 4.69) is 0 Å². The first kappa shape index (κ1) is 3.85. The van der Waals surface area contributed by atoms with Gasteiger partial charge in [-0.2, -0.15) is 0 Å². The van der Waals surface area contributed by atoms with E-state index in [1.165, 1.54) is 6.42 Å². The number of hydrogen-bond donors (Lipinski definition) is 0. The second kappa shape index (κ2) is 1.41. The van der Waals surface area contributed by atoms with Crippen LogP contribution in [0.5, 0.6) is 0 Å². The zero-order valence-electron chi connectivity index (χ0n) is 3.58. The van der Waals surface area contributed by atoms with Crippen molar-refractivity contribution in [3.8, 4) is 0 Å². The van der Waals surface area contributed by atoms with Gasteiger partial charge in [0.25, 0.3) is 0 Å². The molecular weight excluding hydrogens is 79.1 g/mol. The summed E-state index contributed by atoms with van der Waals surface area (Å²) < 4.78 is 11.3. The van der Waals surface area contributed by atoms with E-state index in [1.807, 2.05) is 0 Å². The maximum absolute atomic E-state index is 11.3. The number of hydrogen-bond acceptors (Lipinski definition) is 0. The smallest absolute Gasteiger partial charge is 0.0858 e. The lowest BCUT2D eigenvalue weighted by molar-refractivity contribution is 0.605. The minimum absolute atomic E-state index is 0.726. The van der Waals surface area contributed by atoms with Crippen LogP contribution < -0.4 is 0 Å². The van der Waals surface area contributed by atoms with Gasteiger partial charge in [0.2, 0.25) is 0 Å². The van der Waals surface area contributed by atoms with Crippen LogP contribution in [0.4, 0.5) is 4.39 Å². The van der Waals surface area contributed by atoms with Crippen molar-refractivity contribution >= 4 is 0 Å². The van der Waals surface area contributed by atoms with E-state index in [9.17, 15) is 4.39 Å². The summed E-state index contributed by atoms with van der Waals surface area (Å²) in [4.78, 5) is 0. The molecule has 0 unspecified atom stereocenters. The Balaban J connectivity index is 2.34. The summed E-state index contributed by atoms with van der Waals surface area (Å²) in [5.41, 5.74) is 0.981. The summed E-state index contributed by atoms with van der Waals surface area (Å²) in [5, 5.41) is 0. The van der Waals surface area contributed by atoms with E-state index in [0.717, 1.165) is 24.7 Å². The molecule has 0 amide bonds. The Morgan fingerprint density at radius 3 is 2.17 bits per heavy atom. The quantitative estimate of drug-likeness (QED) is 0.423. The fourth-order valence-electron chi connectivity index (χ4n) is 0.490. The molecule has 1 saturated carbocycles. The third-order valence-corrected chi connectivity index (χ3v) is 1.15. The fourth-order valence-corrected chi connectivity index (χ4v) is 0.490. The normalized spacial score (nSPS) is 19.8. The molecule has 0 aromatic heterocycles. The van der Waals surface area contributed by atoms with E-state index < -0.39 is 0 Å². The largest absolute Gasteiger partial charge is 0.216 e. The SMILES string of the molecule is FC=C1CCC1. The summed E-state index contributed by atoms with van der Waals surface area (Å²) in [5.74, 6) is 0. The van der Waals surface area contributed by atoms with Crippen molar-refractivity contribution in [1.29, 1.82) is 0 Å². The Kier molecular flexibility index (Phi) is 0.906. The minimum Gasteiger partial charge on any atom is -0.216 e. The Morgan fingerprint density at radius 2 is 2.17 bits per heavy atom. The van der Waals surface area contributed by atoms with Gasteiger partial charge in [-0.15, -0.1) is 0 Å². The first-order chi connectivity index (χ1) is 2.93. The molecule has 1 fully saturated rings. The van der Waals surface area contributed by atoms with Gasteiger partial charge in [-0.3, -0.25) is 0 Å². The number of rotatable bonds is 0. The maximum atomic E-state index is 11.3. The average Bonchev–Trinajstić information content (AvgIpc) is 1.31.